The molecule has 2 amide bonds. The number of rotatable bonds is 8. The molecule has 0 fully saturated rings. The van der Waals surface area contributed by atoms with Crippen molar-refractivity contribution in [2.24, 2.45) is 0 Å². The first kappa shape index (κ1) is 24.3. The summed E-state index contributed by atoms with van der Waals surface area (Å²) in [7, 11) is 1.61. The van der Waals surface area contributed by atoms with Crippen LogP contribution in [0.3, 0.4) is 0 Å². The molecule has 2 heterocycles. The van der Waals surface area contributed by atoms with Gasteiger partial charge >= 0.3 is 0 Å². The summed E-state index contributed by atoms with van der Waals surface area (Å²) < 4.78 is 11.0. The number of hydrogen-bond donors (Lipinski definition) is 2. The van der Waals surface area contributed by atoms with Gasteiger partial charge in [0.1, 0.15) is 17.3 Å². The van der Waals surface area contributed by atoms with Gasteiger partial charge in [-0.05, 0) is 50.6 Å². The Morgan fingerprint density at radius 3 is 2.46 bits per heavy atom. The average Bonchev–Trinajstić information content (AvgIpc) is 3.16. The van der Waals surface area contributed by atoms with E-state index in [1.165, 1.54) is 11.8 Å². The SMILES string of the molecule is COc1ccc(CNC(=O)[C@@H](C)Sc2nc(NC(=O)c3ccccc3)c3c(C)c(C)oc3n2)cc1. The Kier molecular flexibility index (Phi) is 7.36. The second-order valence-corrected chi connectivity index (χ2v) is 9.27. The normalized spacial score (nSPS) is 11.8. The lowest BCUT2D eigenvalue weighted by Gasteiger charge is -2.13. The van der Waals surface area contributed by atoms with Crippen LogP contribution < -0.4 is 15.4 Å². The molecule has 0 aliphatic heterocycles. The van der Waals surface area contributed by atoms with Gasteiger partial charge in [-0.2, -0.15) is 4.98 Å². The van der Waals surface area contributed by atoms with E-state index in [9.17, 15) is 9.59 Å². The fraction of sp³-hybridized carbons (Fsp3) is 0.231. The molecule has 0 spiro atoms. The summed E-state index contributed by atoms with van der Waals surface area (Å²) in [6.07, 6.45) is 0. The maximum absolute atomic E-state index is 12.8. The Hall–Kier alpha value is -3.85. The van der Waals surface area contributed by atoms with Gasteiger partial charge in [-0.25, -0.2) is 4.98 Å². The fourth-order valence-electron chi connectivity index (χ4n) is 3.43. The molecule has 0 aliphatic carbocycles. The predicted molar refractivity (Wildman–Crippen MR) is 136 cm³/mol. The number of nitrogens with zero attached hydrogens (tertiary/aromatic N) is 2. The summed E-state index contributed by atoms with van der Waals surface area (Å²) in [6.45, 7) is 5.90. The molecule has 9 heteroatoms. The lowest BCUT2D eigenvalue weighted by atomic mass is 10.2. The van der Waals surface area contributed by atoms with E-state index < -0.39 is 5.25 Å². The van der Waals surface area contributed by atoms with Crippen molar-refractivity contribution in [1.29, 1.82) is 0 Å². The highest BCUT2D eigenvalue weighted by atomic mass is 32.2. The van der Waals surface area contributed by atoms with Crippen molar-refractivity contribution in [3.8, 4) is 5.75 Å². The number of ether oxygens (including phenoxy) is 1. The van der Waals surface area contributed by atoms with Crippen LogP contribution in [0.25, 0.3) is 11.1 Å². The van der Waals surface area contributed by atoms with Gasteiger partial charge in [0.25, 0.3) is 5.91 Å². The number of fused-ring (bicyclic) bond motifs is 1. The highest BCUT2D eigenvalue weighted by Crippen LogP contribution is 2.32. The first-order valence-electron chi connectivity index (χ1n) is 11.1. The van der Waals surface area contributed by atoms with Crippen molar-refractivity contribution in [3.05, 3.63) is 77.0 Å². The van der Waals surface area contributed by atoms with Gasteiger partial charge < -0.3 is 19.8 Å². The van der Waals surface area contributed by atoms with Crippen LogP contribution in [0.2, 0.25) is 0 Å². The molecule has 8 nitrogen and oxygen atoms in total. The fourth-order valence-corrected chi connectivity index (χ4v) is 4.22. The van der Waals surface area contributed by atoms with Crippen LogP contribution in [0.4, 0.5) is 5.82 Å². The number of benzene rings is 2. The summed E-state index contributed by atoms with van der Waals surface area (Å²) in [5, 5.41) is 6.32. The Morgan fingerprint density at radius 1 is 1.06 bits per heavy atom. The van der Waals surface area contributed by atoms with Crippen molar-refractivity contribution < 1.29 is 18.7 Å². The topological polar surface area (TPSA) is 106 Å². The van der Waals surface area contributed by atoms with Crippen LogP contribution in [0.1, 0.15) is 34.2 Å². The molecule has 180 valence electrons. The summed E-state index contributed by atoms with van der Waals surface area (Å²) in [4.78, 5) is 34.6. The third kappa shape index (κ3) is 5.63. The number of anilines is 1. The molecule has 2 aromatic heterocycles. The van der Waals surface area contributed by atoms with Gasteiger partial charge in [0.05, 0.1) is 17.7 Å². The number of aryl methyl sites for hydroxylation is 2. The zero-order valence-corrected chi connectivity index (χ0v) is 20.7. The molecule has 0 bridgehead atoms. The molecule has 0 unspecified atom stereocenters. The molecule has 4 aromatic rings. The van der Waals surface area contributed by atoms with E-state index in [4.69, 9.17) is 9.15 Å². The van der Waals surface area contributed by atoms with Crippen molar-refractivity contribution >= 4 is 40.5 Å². The van der Waals surface area contributed by atoms with Gasteiger partial charge in [0, 0.05) is 17.7 Å². The number of furan rings is 1. The maximum atomic E-state index is 12.8. The summed E-state index contributed by atoms with van der Waals surface area (Å²) >= 11 is 1.19. The number of amides is 2. The van der Waals surface area contributed by atoms with Gasteiger partial charge in [-0.15, -0.1) is 0 Å². The van der Waals surface area contributed by atoms with E-state index in [1.807, 2.05) is 44.2 Å². The zero-order chi connectivity index (χ0) is 24.9. The Labute approximate surface area is 207 Å². The molecule has 0 aliphatic rings. The number of carbonyl (C=O) groups is 2. The van der Waals surface area contributed by atoms with Crippen molar-refractivity contribution in [2.45, 2.75) is 37.7 Å². The maximum Gasteiger partial charge on any atom is 0.256 e. The number of thioether (sulfide) groups is 1. The van der Waals surface area contributed by atoms with Gasteiger partial charge in [0.15, 0.2) is 5.16 Å². The second-order valence-electron chi connectivity index (χ2n) is 7.96. The molecule has 0 saturated heterocycles. The van der Waals surface area contributed by atoms with Crippen molar-refractivity contribution in [1.82, 2.24) is 15.3 Å². The van der Waals surface area contributed by atoms with E-state index in [2.05, 4.69) is 20.6 Å². The molecule has 1 atom stereocenters. The van der Waals surface area contributed by atoms with E-state index >= 15 is 0 Å². The molecule has 4 rings (SSSR count). The number of hydrogen-bond acceptors (Lipinski definition) is 7. The molecule has 2 aromatic carbocycles. The minimum atomic E-state index is -0.472. The number of aromatic nitrogens is 2. The van der Waals surface area contributed by atoms with Gasteiger partial charge in [-0.1, -0.05) is 42.1 Å². The quantitative estimate of drug-likeness (QED) is 0.267. The second kappa shape index (κ2) is 10.6. The number of nitrogens with one attached hydrogen (secondary N) is 2. The van der Waals surface area contributed by atoms with Crippen LogP contribution >= 0.6 is 11.8 Å². The average molecular weight is 491 g/mol. The van der Waals surface area contributed by atoms with E-state index in [-0.39, 0.29) is 11.8 Å². The zero-order valence-electron chi connectivity index (χ0n) is 19.9. The van der Waals surface area contributed by atoms with E-state index in [1.54, 1.807) is 38.3 Å². The van der Waals surface area contributed by atoms with Crippen LogP contribution in [-0.4, -0.2) is 34.1 Å². The largest absolute Gasteiger partial charge is 0.497 e. The van der Waals surface area contributed by atoms with Crippen LogP contribution in [-0.2, 0) is 11.3 Å². The third-order valence-corrected chi connectivity index (χ3v) is 6.51. The lowest BCUT2D eigenvalue weighted by molar-refractivity contribution is -0.120. The third-order valence-electron chi connectivity index (χ3n) is 5.55. The van der Waals surface area contributed by atoms with Crippen molar-refractivity contribution in [3.63, 3.8) is 0 Å². The Balaban J connectivity index is 1.51. The van der Waals surface area contributed by atoms with Crippen LogP contribution in [0, 0.1) is 13.8 Å². The molecule has 0 saturated carbocycles. The highest BCUT2D eigenvalue weighted by molar-refractivity contribution is 8.00. The molecule has 0 radical (unpaired) electrons. The lowest BCUT2D eigenvalue weighted by Crippen LogP contribution is -2.30. The van der Waals surface area contributed by atoms with Gasteiger partial charge in [-0.3, -0.25) is 9.59 Å². The molecule has 2 N–H and O–H groups in total. The van der Waals surface area contributed by atoms with Crippen LogP contribution in [0.5, 0.6) is 5.75 Å². The molecular weight excluding hydrogens is 464 g/mol. The first-order chi connectivity index (χ1) is 16.9. The Bertz CT molecular complexity index is 1350. The monoisotopic (exact) mass is 490 g/mol. The highest BCUT2D eigenvalue weighted by Gasteiger charge is 2.22. The smallest absolute Gasteiger partial charge is 0.256 e. The molecular formula is C26H26N4O4S. The van der Waals surface area contributed by atoms with Crippen molar-refractivity contribution in [2.75, 3.05) is 12.4 Å². The molecule has 35 heavy (non-hydrogen) atoms. The van der Waals surface area contributed by atoms with Crippen LogP contribution in [0.15, 0.2) is 64.2 Å². The van der Waals surface area contributed by atoms with E-state index in [0.717, 1.165) is 16.9 Å². The predicted octanol–water partition coefficient (Wildman–Crippen LogP) is 4.90. The standard InChI is InChI=1S/C26H26N4O4S/c1-15-16(2)34-25-21(15)22(28-24(32)19-8-6-5-7-9-19)29-26(30-25)35-17(3)23(31)27-14-18-10-12-20(33-4)13-11-18/h5-13,17H,14H2,1-4H3,(H,27,31)(H,28,29,30,32)/t17-/m1/s1. The number of carbonyl (C=O) groups excluding carboxylic acids is 2. The minimum absolute atomic E-state index is 0.156. The first-order valence-corrected chi connectivity index (χ1v) is 11.9. The Morgan fingerprint density at radius 2 is 1.77 bits per heavy atom. The summed E-state index contributed by atoms with van der Waals surface area (Å²) in [5.74, 6) is 1.36. The summed E-state index contributed by atoms with van der Waals surface area (Å²) in [6, 6.07) is 16.4. The number of methoxy groups -OCH3 is 1. The van der Waals surface area contributed by atoms with E-state index in [0.29, 0.717) is 39.9 Å². The van der Waals surface area contributed by atoms with Gasteiger partial charge in [0.2, 0.25) is 11.6 Å². The minimum Gasteiger partial charge on any atom is -0.497 e. The summed E-state index contributed by atoms with van der Waals surface area (Å²) in [5.41, 5.74) is 2.69.